The van der Waals surface area contributed by atoms with Crippen molar-refractivity contribution in [2.24, 2.45) is 0 Å². The van der Waals surface area contributed by atoms with Gasteiger partial charge in [-0.3, -0.25) is 0 Å². The van der Waals surface area contributed by atoms with Crippen LogP contribution in [0.2, 0.25) is 0 Å². The molecule has 0 aliphatic heterocycles. The van der Waals surface area contributed by atoms with Gasteiger partial charge < -0.3 is 4.57 Å². The van der Waals surface area contributed by atoms with Gasteiger partial charge in [0.2, 0.25) is 5.69 Å². The summed E-state index contributed by atoms with van der Waals surface area (Å²) in [5.74, 6) is 0. The van der Waals surface area contributed by atoms with Crippen LogP contribution in [-0.4, -0.2) is 4.57 Å². The molecule has 0 amide bonds. The summed E-state index contributed by atoms with van der Waals surface area (Å²) in [5, 5.41) is 7.45. The molecule has 2 nitrogen and oxygen atoms in total. The minimum absolute atomic E-state index is 0.709. The van der Waals surface area contributed by atoms with Crippen LogP contribution in [0.1, 0.15) is 0 Å². The molecule has 3 aromatic heterocycles. The third kappa shape index (κ3) is 3.10. The lowest BCUT2D eigenvalue weighted by molar-refractivity contribution is 1.20. The Morgan fingerprint density at radius 3 is 1.90 bits per heavy atom. The summed E-state index contributed by atoms with van der Waals surface area (Å²) in [6, 6.07) is 43.4. The van der Waals surface area contributed by atoms with E-state index in [0.29, 0.717) is 5.69 Å². The predicted octanol–water partition coefficient (Wildman–Crippen LogP) is 11.7. The molecule has 0 spiro atoms. The number of hydrogen-bond acceptors (Lipinski definition) is 2. The van der Waals surface area contributed by atoms with E-state index in [1.54, 1.807) is 11.3 Å². The van der Waals surface area contributed by atoms with Crippen LogP contribution in [-0.2, 0) is 0 Å². The Bertz CT molecular complexity index is 2500. The van der Waals surface area contributed by atoms with Crippen molar-refractivity contribution in [2.45, 2.75) is 0 Å². The maximum Gasteiger partial charge on any atom is 0.204 e. The first-order chi connectivity index (χ1) is 20.3. The Morgan fingerprint density at radius 2 is 1.12 bits per heavy atom. The molecule has 3 heterocycles. The van der Waals surface area contributed by atoms with Crippen molar-refractivity contribution in [3.8, 4) is 16.8 Å². The first kappa shape index (κ1) is 22.8. The molecule has 0 fully saturated rings. The molecular formula is C37H20N2S2. The van der Waals surface area contributed by atoms with Gasteiger partial charge in [-0.15, -0.1) is 22.7 Å². The average molecular weight is 557 g/mol. The van der Waals surface area contributed by atoms with Gasteiger partial charge in [-0.1, -0.05) is 91.0 Å². The molecule has 4 heteroatoms. The number of fused-ring (bicyclic) bond motifs is 9. The number of para-hydroxylation sites is 2. The quantitative estimate of drug-likeness (QED) is 0.187. The van der Waals surface area contributed by atoms with Gasteiger partial charge in [-0.25, -0.2) is 4.85 Å². The summed E-state index contributed by atoms with van der Waals surface area (Å²) >= 11 is 3.59. The van der Waals surface area contributed by atoms with Crippen molar-refractivity contribution >= 4 is 90.5 Å². The topological polar surface area (TPSA) is 9.29 Å². The molecule has 41 heavy (non-hydrogen) atoms. The summed E-state index contributed by atoms with van der Waals surface area (Å²) in [4.78, 5) is 3.98. The van der Waals surface area contributed by atoms with E-state index < -0.39 is 0 Å². The molecule has 0 unspecified atom stereocenters. The summed E-state index contributed by atoms with van der Waals surface area (Å²) in [5.41, 5.74) is 6.66. The molecule has 0 aliphatic rings. The van der Waals surface area contributed by atoms with E-state index in [4.69, 9.17) is 6.57 Å². The van der Waals surface area contributed by atoms with Gasteiger partial charge in [0.25, 0.3) is 0 Å². The molecule has 190 valence electrons. The van der Waals surface area contributed by atoms with Gasteiger partial charge in [0.05, 0.1) is 28.0 Å². The van der Waals surface area contributed by atoms with Crippen molar-refractivity contribution in [3.63, 3.8) is 0 Å². The Labute approximate surface area is 243 Å². The molecule has 0 atom stereocenters. The van der Waals surface area contributed by atoms with Crippen molar-refractivity contribution in [2.75, 3.05) is 0 Å². The molecule has 6 aromatic carbocycles. The van der Waals surface area contributed by atoms with Crippen molar-refractivity contribution in [3.05, 3.63) is 133 Å². The molecule has 0 saturated heterocycles. The highest BCUT2D eigenvalue weighted by Gasteiger charge is 2.21. The largest absolute Gasteiger partial charge is 0.308 e. The SMILES string of the molecule is [C-]#[N+]c1ccc(-c2cccc3sc4ccccc4c23)c2c1sc1c(-n3c4ccccc4c4ccccc43)cccc12. The lowest BCUT2D eigenvalue weighted by Crippen LogP contribution is -1.93. The van der Waals surface area contributed by atoms with Gasteiger partial charge in [0, 0.05) is 41.0 Å². The first-order valence-electron chi connectivity index (χ1n) is 13.6. The van der Waals surface area contributed by atoms with Crippen LogP contribution >= 0.6 is 22.7 Å². The molecule has 0 saturated carbocycles. The normalized spacial score (nSPS) is 11.9. The molecule has 0 radical (unpaired) electrons. The standard InChI is InChI=1S/C37H20N2S2/c1-38-28-21-20-25(24-13-9-19-33-34(24)26-12-4-7-18-32(26)40-33)35-27-14-8-17-31(36(27)41-37(28)35)39-29-15-5-2-10-22(29)23-11-3-6-16-30(23)39/h2-21H. The molecular weight excluding hydrogens is 537 g/mol. The highest BCUT2D eigenvalue weighted by molar-refractivity contribution is 7.27. The van der Waals surface area contributed by atoms with Crippen molar-refractivity contribution in [1.82, 2.24) is 4.57 Å². The maximum absolute atomic E-state index is 8.03. The van der Waals surface area contributed by atoms with Gasteiger partial charge in [0.15, 0.2) is 0 Å². The van der Waals surface area contributed by atoms with Crippen molar-refractivity contribution in [1.29, 1.82) is 0 Å². The van der Waals surface area contributed by atoms with Crippen molar-refractivity contribution < 1.29 is 0 Å². The van der Waals surface area contributed by atoms with E-state index >= 15 is 0 Å². The zero-order valence-corrected chi connectivity index (χ0v) is 23.4. The minimum Gasteiger partial charge on any atom is -0.308 e. The predicted molar refractivity (Wildman–Crippen MR) is 178 cm³/mol. The zero-order valence-electron chi connectivity index (χ0n) is 21.8. The number of nitrogens with zero attached hydrogens (tertiary/aromatic N) is 2. The van der Waals surface area contributed by atoms with Gasteiger partial charge >= 0.3 is 0 Å². The fourth-order valence-corrected chi connectivity index (χ4v) is 8.96. The third-order valence-corrected chi connectivity index (χ3v) is 10.6. The van der Waals surface area contributed by atoms with Crippen LogP contribution in [0.5, 0.6) is 0 Å². The first-order valence-corrected chi connectivity index (χ1v) is 15.2. The summed E-state index contributed by atoms with van der Waals surface area (Å²) in [6.45, 7) is 8.03. The summed E-state index contributed by atoms with van der Waals surface area (Å²) < 4.78 is 7.24. The fourth-order valence-electron chi connectivity index (χ4n) is 6.54. The van der Waals surface area contributed by atoms with E-state index in [1.165, 1.54) is 68.6 Å². The molecule has 0 N–H and O–H groups in total. The van der Waals surface area contributed by atoms with Crippen LogP contribution in [0, 0.1) is 6.57 Å². The molecule has 0 aliphatic carbocycles. The van der Waals surface area contributed by atoms with E-state index in [2.05, 4.69) is 125 Å². The van der Waals surface area contributed by atoms with Crippen LogP contribution in [0.4, 0.5) is 5.69 Å². The fraction of sp³-hybridized carbons (Fsp3) is 0. The number of rotatable bonds is 2. The second kappa shape index (κ2) is 8.52. The average Bonchev–Trinajstić information content (AvgIpc) is 3.70. The Kier molecular flexibility index (Phi) is 4.74. The highest BCUT2D eigenvalue weighted by Crippen LogP contribution is 2.49. The second-order valence-corrected chi connectivity index (χ2v) is 12.5. The maximum atomic E-state index is 8.03. The number of aromatic nitrogens is 1. The molecule has 0 bridgehead atoms. The number of benzene rings is 6. The van der Waals surface area contributed by atoms with E-state index in [1.807, 2.05) is 17.4 Å². The van der Waals surface area contributed by atoms with Gasteiger partial charge in [0.1, 0.15) is 0 Å². The molecule has 9 aromatic rings. The van der Waals surface area contributed by atoms with Crippen LogP contribution in [0.3, 0.4) is 0 Å². The third-order valence-electron chi connectivity index (χ3n) is 8.24. The number of thiophene rings is 2. The number of hydrogen-bond donors (Lipinski definition) is 0. The summed E-state index contributed by atoms with van der Waals surface area (Å²) in [6.07, 6.45) is 0. The molecule has 9 rings (SSSR count). The van der Waals surface area contributed by atoms with Gasteiger partial charge in [-0.05, 0) is 46.8 Å². The minimum atomic E-state index is 0.709. The van der Waals surface area contributed by atoms with E-state index in [0.717, 1.165) is 10.4 Å². The van der Waals surface area contributed by atoms with Crippen LogP contribution < -0.4 is 0 Å². The Morgan fingerprint density at radius 1 is 0.488 bits per heavy atom. The monoisotopic (exact) mass is 556 g/mol. The van der Waals surface area contributed by atoms with Gasteiger partial charge in [-0.2, -0.15) is 0 Å². The Hall–Kier alpha value is -4.95. The highest BCUT2D eigenvalue weighted by atomic mass is 32.1. The lowest BCUT2D eigenvalue weighted by atomic mass is 9.95. The van der Waals surface area contributed by atoms with Crippen LogP contribution in [0.15, 0.2) is 121 Å². The summed E-state index contributed by atoms with van der Waals surface area (Å²) in [7, 11) is 0. The van der Waals surface area contributed by atoms with E-state index in [-0.39, 0.29) is 0 Å². The van der Waals surface area contributed by atoms with E-state index in [9.17, 15) is 0 Å². The smallest absolute Gasteiger partial charge is 0.204 e. The van der Waals surface area contributed by atoms with Crippen LogP contribution in [0.25, 0.3) is 83.8 Å². The Balaban J connectivity index is 1.43. The lowest BCUT2D eigenvalue weighted by Gasteiger charge is -2.10. The second-order valence-electron chi connectivity index (χ2n) is 10.4. The zero-order chi connectivity index (χ0) is 27.1.